The Hall–Kier alpha value is -2.31. The number of anilines is 1. The van der Waals surface area contributed by atoms with E-state index in [1.165, 1.54) is 24.1 Å². The van der Waals surface area contributed by atoms with E-state index in [0.29, 0.717) is 0 Å². The normalized spacial score (nSPS) is 9.68. The number of rotatable bonds is 4. The summed E-state index contributed by atoms with van der Waals surface area (Å²) in [4.78, 5) is 24.1. The molecule has 104 valence electrons. The Morgan fingerprint density at radius 1 is 1.37 bits per heavy atom. The summed E-state index contributed by atoms with van der Waals surface area (Å²) < 4.78 is 18.1. The number of nitrogens with one attached hydrogen (secondary N) is 2. The minimum Gasteiger partial charge on any atom is -0.494 e. The van der Waals surface area contributed by atoms with Crippen molar-refractivity contribution in [3.05, 3.63) is 24.0 Å². The van der Waals surface area contributed by atoms with Gasteiger partial charge in [-0.3, -0.25) is 4.79 Å². The minimum absolute atomic E-state index is 0.0914. The highest BCUT2D eigenvalue weighted by Crippen LogP contribution is 2.20. The first-order chi connectivity index (χ1) is 8.93. The van der Waals surface area contributed by atoms with Crippen LogP contribution in [0.4, 0.5) is 14.9 Å². The fourth-order valence-corrected chi connectivity index (χ4v) is 1.23. The number of methoxy groups -OCH3 is 1. The van der Waals surface area contributed by atoms with Crippen LogP contribution in [0.25, 0.3) is 0 Å². The van der Waals surface area contributed by atoms with Crippen LogP contribution in [-0.2, 0) is 4.79 Å². The summed E-state index contributed by atoms with van der Waals surface area (Å²) in [6.45, 7) is -0.128. The third kappa shape index (κ3) is 4.46. The van der Waals surface area contributed by atoms with E-state index in [9.17, 15) is 14.0 Å². The Balaban J connectivity index is 2.53. The molecule has 0 atom stereocenters. The summed E-state index contributed by atoms with van der Waals surface area (Å²) in [6.07, 6.45) is 0. The fraction of sp³-hybridized carbons (Fsp3) is 0.333. The van der Waals surface area contributed by atoms with Crippen molar-refractivity contribution in [2.24, 2.45) is 0 Å². The molecule has 0 saturated heterocycles. The number of likely N-dealkylation sites (N-methyl/N-ethyl adjacent to an activating group) is 1. The van der Waals surface area contributed by atoms with Crippen LogP contribution >= 0.6 is 0 Å². The number of nitrogens with zero attached hydrogens (tertiary/aromatic N) is 1. The maximum atomic E-state index is 13.4. The maximum Gasteiger partial charge on any atom is 0.319 e. The molecule has 6 nitrogen and oxygen atoms in total. The number of amides is 3. The van der Waals surface area contributed by atoms with Crippen LogP contribution < -0.4 is 15.4 Å². The van der Waals surface area contributed by atoms with E-state index >= 15 is 0 Å². The molecule has 1 aromatic rings. The number of hydrogen-bond donors (Lipinski definition) is 2. The van der Waals surface area contributed by atoms with E-state index in [-0.39, 0.29) is 23.9 Å². The van der Waals surface area contributed by atoms with E-state index in [0.717, 1.165) is 6.07 Å². The van der Waals surface area contributed by atoms with Crippen molar-refractivity contribution in [1.82, 2.24) is 10.2 Å². The summed E-state index contributed by atoms with van der Waals surface area (Å²) in [6, 6.07) is 3.44. The molecule has 1 aromatic carbocycles. The molecule has 0 aliphatic carbocycles. The Labute approximate surface area is 110 Å². The first-order valence-electron chi connectivity index (χ1n) is 5.52. The van der Waals surface area contributed by atoms with Gasteiger partial charge in [-0.15, -0.1) is 0 Å². The molecule has 0 unspecified atom stereocenters. The Kier molecular flexibility index (Phi) is 5.11. The lowest BCUT2D eigenvalue weighted by molar-refractivity contribution is -0.127. The largest absolute Gasteiger partial charge is 0.494 e. The lowest BCUT2D eigenvalue weighted by atomic mass is 10.3. The molecule has 0 heterocycles. The number of halogens is 1. The van der Waals surface area contributed by atoms with Crippen molar-refractivity contribution in [2.45, 2.75) is 0 Å². The summed E-state index contributed by atoms with van der Waals surface area (Å²) in [5.74, 6) is -0.727. The smallest absolute Gasteiger partial charge is 0.319 e. The quantitative estimate of drug-likeness (QED) is 0.858. The van der Waals surface area contributed by atoms with E-state index < -0.39 is 11.8 Å². The van der Waals surface area contributed by atoms with E-state index in [1.807, 2.05) is 0 Å². The van der Waals surface area contributed by atoms with Crippen LogP contribution in [-0.4, -0.2) is 44.6 Å². The van der Waals surface area contributed by atoms with Gasteiger partial charge in [0.25, 0.3) is 0 Å². The Morgan fingerprint density at radius 3 is 2.58 bits per heavy atom. The van der Waals surface area contributed by atoms with Crippen molar-refractivity contribution in [3.63, 3.8) is 0 Å². The molecule has 0 spiro atoms. The Bertz CT molecular complexity index is 477. The second kappa shape index (κ2) is 6.58. The van der Waals surface area contributed by atoms with Crippen LogP contribution in [0, 0.1) is 5.82 Å². The summed E-state index contributed by atoms with van der Waals surface area (Å²) in [5, 5.41) is 4.78. The first kappa shape index (κ1) is 14.7. The molecule has 0 fully saturated rings. The molecule has 0 aliphatic rings. The van der Waals surface area contributed by atoms with Crippen LogP contribution in [0.3, 0.4) is 0 Å². The molecule has 0 aliphatic heterocycles. The van der Waals surface area contributed by atoms with Gasteiger partial charge >= 0.3 is 6.03 Å². The third-order valence-corrected chi connectivity index (χ3v) is 2.31. The predicted molar refractivity (Wildman–Crippen MR) is 68.7 cm³/mol. The van der Waals surface area contributed by atoms with E-state index in [4.69, 9.17) is 4.74 Å². The summed E-state index contributed by atoms with van der Waals surface area (Å²) in [5.41, 5.74) is 0.271. The fourth-order valence-electron chi connectivity index (χ4n) is 1.23. The van der Waals surface area contributed by atoms with Crippen LogP contribution in [0.15, 0.2) is 18.2 Å². The van der Waals surface area contributed by atoms with Crippen molar-refractivity contribution in [1.29, 1.82) is 0 Å². The lowest BCUT2D eigenvalue weighted by Crippen LogP contribution is -2.38. The highest BCUT2D eigenvalue weighted by atomic mass is 19.1. The molecular weight excluding hydrogens is 253 g/mol. The zero-order valence-electron chi connectivity index (χ0n) is 11.0. The third-order valence-electron chi connectivity index (χ3n) is 2.31. The first-order valence-corrected chi connectivity index (χ1v) is 5.52. The van der Waals surface area contributed by atoms with E-state index in [2.05, 4.69) is 10.6 Å². The molecule has 0 saturated carbocycles. The molecule has 0 bridgehead atoms. The molecule has 0 radical (unpaired) electrons. The van der Waals surface area contributed by atoms with Crippen LogP contribution in [0.1, 0.15) is 0 Å². The second-order valence-electron chi connectivity index (χ2n) is 3.95. The SMILES string of the molecule is COc1ccc(NC(=O)NCC(=O)N(C)C)cc1F. The lowest BCUT2D eigenvalue weighted by Gasteiger charge is -2.12. The number of benzene rings is 1. The molecule has 2 N–H and O–H groups in total. The molecular formula is C12H16FN3O3. The van der Waals surface area contributed by atoms with Gasteiger partial charge in [0.05, 0.1) is 13.7 Å². The average molecular weight is 269 g/mol. The van der Waals surface area contributed by atoms with Crippen LogP contribution in [0.2, 0.25) is 0 Å². The highest BCUT2D eigenvalue weighted by molar-refractivity contribution is 5.92. The number of hydrogen-bond acceptors (Lipinski definition) is 3. The average Bonchev–Trinajstić information content (AvgIpc) is 2.36. The molecule has 3 amide bonds. The topological polar surface area (TPSA) is 70.7 Å². The molecule has 0 aromatic heterocycles. The number of urea groups is 1. The van der Waals surface area contributed by atoms with Gasteiger partial charge in [0.2, 0.25) is 5.91 Å². The van der Waals surface area contributed by atoms with Gasteiger partial charge in [0, 0.05) is 25.8 Å². The zero-order chi connectivity index (χ0) is 14.4. The van der Waals surface area contributed by atoms with Gasteiger partial charge in [-0.05, 0) is 12.1 Å². The van der Waals surface area contributed by atoms with Crippen molar-refractivity contribution in [2.75, 3.05) is 33.1 Å². The maximum absolute atomic E-state index is 13.4. The minimum atomic E-state index is -0.584. The zero-order valence-corrected chi connectivity index (χ0v) is 11.0. The van der Waals surface area contributed by atoms with Gasteiger partial charge in [0.1, 0.15) is 0 Å². The van der Waals surface area contributed by atoms with Gasteiger partial charge in [-0.1, -0.05) is 0 Å². The molecule has 7 heteroatoms. The highest BCUT2D eigenvalue weighted by Gasteiger charge is 2.08. The number of carbonyl (C=O) groups is 2. The summed E-state index contributed by atoms with van der Waals surface area (Å²) >= 11 is 0. The van der Waals surface area contributed by atoms with Gasteiger partial charge in [-0.25, -0.2) is 9.18 Å². The van der Waals surface area contributed by atoms with Crippen molar-refractivity contribution < 1.29 is 18.7 Å². The van der Waals surface area contributed by atoms with Gasteiger partial charge < -0.3 is 20.3 Å². The second-order valence-corrected chi connectivity index (χ2v) is 3.95. The van der Waals surface area contributed by atoms with Crippen LogP contribution in [0.5, 0.6) is 5.75 Å². The summed E-state index contributed by atoms with van der Waals surface area (Å²) in [7, 11) is 4.52. The van der Waals surface area contributed by atoms with Gasteiger partial charge in [-0.2, -0.15) is 0 Å². The van der Waals surface area contributed by atoms with E-state index in [1.54, 1.807) is 14.1 Å². The number of ether oxygens (including phenoxy) is 1. The number of carbonyl (C=O) groups excluding carboxylic acids is 2. The molecule has 1 rings (SSSR count). The van der Waals surface area contributed by atoms with Gasteiger partial charge in [0.15, 0.2) is 11.6 Å². The monoisotopic (exact) mass is 269 g/mol. The molecule has 19 heavy (non-hydrogen) atoms. The van der Waals surface area contributed by atoms with Crippen molar-refractivity contribution >= 4 is 17.6 Å². The predicted octanol–water partition coefficient (Wildman–Crippen LogP) is 1.04. The standard InChI is InChI=1S/C12H16FN3O3/c1-16(2)11(17)7-14-12(18)15-8-4-5-10(19-3)9(13)6-8/h4-6H,7H2,1-3H3,(H2,14,15,18). The Morgan fingerprint density at radius 2 is 2.05 bits per heavy atom. The van der Waals surface area contributed by atoms with Crippen molar-refractivity contribution in [3.8, 4) is 5.75 Å².